The fraction of sp³-hybridized carbons (Fsp3) is 0.429. The van der Waals surface area contributed by atoms with Gasteiger partial charge >= 0.3 is 6.09 Å². The van der Waals surface area contributed by atoms with Gasteiger partial charge in [-0.3, -0.25) is 10.4 Å². The van der Waals surface area contributed by atoms with Gasteiger partial charge in [0.25, 0.3) is 0 Å². The number of hydrogen-bond donors (Lipinski definition) is 2. The SMILES string of the molecule is CCOC(=O)NC(=S)c1n[nH]c(C)n1. The Morgan fingerprint density at radius 2 is 2.43 bits per heavy atom. The Hall–Kier alpha value is -1.50. The highest BCUT2D eigenvalue weighted by atomic mass is 32.1. The van der Waals surface area contributed by atoms with Gasteiger partial charge in [-0.25, -0.2) is 9.78 Å². The third kappa shape index (κ3) is 2.77. The van der Waals surface area contributed by atoms with E-state index in [2.05, 4.69) is 25.2 Å². The van der Waals surface area contributed by atoms with Crippen LogP contribution in [0.5, 0.6) is 0 Å². The molecule has 1 amide bonds. The van der Waals surface area contributed by atoms with Crippen molar-refractivity contribution in [3.05, 3.63) is 11.6 Å². The van der Waals surface area contributed by atoms with Gasteiger partial charge in [0.2, 0.25) is 5.82 Å². The molecule has 0 aliphatic carbocycles. The highest BCUT2D eigenvalue weighted by Crippen LogP contribution is 1.92. The van der Waals surface area contributed by atoms with Crippen molar-refractivity contribution in [1.29, 1.82) is 0 Å². The number of carbonyl (C=O) groups excluding carboxylic acids is 1. The molecule has 0 radical (unpaired) electrons. The third-order valence-corrected chi connectivity index (χ3v) is 1.58. The van der Waals surface area contributed by atoms with E-state index < -0.39 is 6.09 Å². The number of thiocarbonyl (C=S) groups is 1. The number of hydrogen-bond acceptors (Lipinski definition) is 5. The number of H-pyrrole nitrogens is 1. The predicted molar refractivity (Wildman–Crippen MR) is 53.0 cm³/mol. The lowest BCUT2D eigenvalue weighted by molar-refractivity contribution is 0.158. The fourth-order valence-electron chi connectivity index (χ4n) is 0.760. The fourth-order valence-corrected chi connectivity index (χ4v) is 0.935. The molecular weight excluding hydrogens is 204 g/mol. The van der Waals surface area contributed by atoms with Crippen LogP contribution in [0.2, 0.25) is 0 Å². The molecule has 0 unspecified atom stereocenters. The normalized spacial score (nSPS) is 9.57. The van der Waals surface area contributed by atoms with Gasteiger partial charge in [-0.1, -0.05) is 12.2 Å². The summed E-state index contributed by atoms with van der Waals surface area (Å²) in [4.78, 5) is 15.0. The Kier molecular flexibility index (Phi) is 3.52. The molecule has 14 heavy (non-hydrogen) atoms. The quantitative estimate of drug-likeness (QED) is 0.702. The second kappa shape index (κ2) is 4.66. The van der Waals surface area contributed by atoms with Crippen LogP contribution in [0.1, 0.15) is 18.6 Å². The van der Waals surface area contributed by atoms with Gasteiger partial charge in [0.05, 0.1) is 6.61 Å². The van der Waals surface area contributed by atoms with Crippen molar-refractivity contribution >= 4 is 23.3 Å². The van der Waals surface area contributed by atoms with Crippen molar-refractivity contribution in [1.82, 2.24) is 20.5 Å². The topological polar surface area (TPSA) is 79.9 Å². The van der Waals surface area contributed by atoms with Crippen LogP contribution in [-0.2, 0) is 4.74 Å². The van der Waals surface area contributed by atoms with Gasteiger partial charge in [0.1, 0.15) is 5.82 Å². The highest BCUT2D eigenvalue weighted by Gasteiger charge is 2.10. The number of alkyl carbamates (subject to hydrolysis) is 1. The predicted octanol–water partition coefficient (Wildman–Crippen LogP) is 0.535. The summed E-state index contributed by atoms with van der Waals surface area (Å²) in [6, 6.07) is 0. The lowest BCUT2D eigenvalue weighted by Gasteiger charge is -2.02. The zero-order chi connectivity index (χ0) is 10.6. The van der Waals surface area contributed by atoms with E-state index >= 15 is 0 Å². The van der Waals surface area contributed by atoms with Crippen molar-refractivity contribution in [2.24, 2.45) is 0 Å². The van der Waals surface area contributed by atoms with E-state index in [1.807, 2.05) is 0 Å². The molecule has 0 spiro atoms. The maximum absolute atomic E-state index is 10.9. The largest absolute Gasteiger partial charge is 0.450 e. The van der Waals surface area contributed by atoms with Gasteiger partial charge < -0.3 is 4.74 Å². The summed E-state index contributed by atoms with van der Waals surface area (Å²) in [5, 5.41) is 8.73. The van der Waals surface area contributed by atoms with E-state index in [0.717, 1.165) is 0 Å². The summed E-state index contributed by atoms with van der Waals surface area (Å²) < 4.78 is 4.64. The molecule has 76 valence electrons. The van der Waals surface area contributed by atoms with Gasteiger partial charge in [-0.15, -0.1) is 0 Å². The van der Waals surface area contributed by atoms with E-state index in [0.29, 0.717) is 12.4 Å². The Morgan fingerprint density at radius 1 is 1.71 bits per heavy atom. The Bertz CT molecular complexity index is 349. The first-order valence-corrected chi connectivity index (χ1v) is 4.41. The summed E-state index contributed by atoms with van der Waals surface area (Å²) >= 11 is 4.87. The van der Waals surface area contributed by atoms with Gasteiger partial charge in [0, 0.05) is 0 Å². The molecule has 1 rings (SSSR count). The van der Waals surface area contributed by atoms with Crippen LogP contribution in [0.25, 0.3) is 0 Å². The molecule has 0 atom stereocenters. The average molecular weight is 214 g/mol. The molecule has 6 nitrogen and oxygen atoms in total. The summed E-state index contributed by atoms with van der Waals surface area (Å²) in [6.07, 6.45) is -0.597. The monoisotopic (exact) mass is 214 g/mol. The Labute approximate surface area is 86.1 Å². The molecule has 0 fully saturated rings. The number of nitrogens with one attached hydrogen (secondary N) is 2. The van der Waals surface area contributed by atoms with Crippen LogP contribution >= 0.6 is 12.2 Å². The Balaban J connectivity index is 2.55. The molecule has 1 aromatic heterocycles. The zero-order valence-electron chi connectivity index (χ0n) is 7.83. The van der Waals surface area contributed by atoms with E-state index in [-0.39, 0.29) is 10.8 Å². The van der Waals surface area contributed by atoms with Crippen LogP contribution in [0.15, 0.2) is 0 Å². The van der Waals surface area contributed by atoms with Gasteiger partial charge in [-0.2, -0.15) is 5.10 Å². The second-order valence-corrected chi connectivity index (χ2v) is 2.83. The van der Waals surface area contributed by atoms with Crippen LogP contribution in [0, 0.1) is 6.92 Å². The minimum Gasteiger partial charge on any atom is -0.450 e. The molecule has 1 aromatic rings. The van der Waals surface area contributed by atoms with Gasteiger partial charge in [0.15, 0.2) is 4.99 Å². The first kappa shape index (κ1) is 10.6. The summed E-state index contributed by atoms with van der Waals surface area (Å²) in [5.74, 6) is 0.915. The lowest BCUT2D eigenvalue weighted by atomic mass is 10.6. The molecular formula is C7H10N4O2S. The number of carbonyl (C=O) groups is 1. The smallest absolute Gasteiger partial charge is 0.412 e. The van der Waals surface area contributed by atoms with Crippen LogP contribution < -0.4 is 5.32 Å². The summed E-state index contributed by atoms with van der Waals surface area (Å²) in [6.45, 7) is 3.74. The number of rotatable bonds is 2. The molecule has 0 aromatic carbocycles. The second-order valence-electron chi connectivity index (χ2n) is 2.42. The van der Waals surface area contributed by atoms with Crippen molar-refractivity contribution in [3.63, 3.8) is 0 Å². The number of ether oxygens (including phenoxy) is 1. The van der Waals surface area contributed by atoms with Crippen LogP contribution in [-0.4, -0.2) is 32.9 Å². The molecule has 0 aliphatic rings. The summed E-state index contributed by atoms with van der Waals surface area (Å²) in [5.41, 5.74) is 0. The highest BCUT2D eigenvalue weighted by molar-refractivity contribution is 7.80. The number of aromatic amines is 1. The van der Waals surface area contributed by atoms with Crippen molar-refractivity contribution < 1.29 is 9.53 Å². The van der Waals surface area contributed by atoms with E-state index in [9.17, 15) is 4.79 Å². The number of aromatic nitrogens is 3. The first-order valence-electron chi connectivity index (χ1n) is 4.00. The molecule has 0 saturated carbocycles. The molecule has 1 heterocycles. The molecule has 2 N–H and O–H groups in total. The minimum absolute atomic E-state index is 0.146. The standard InChI is InChI=1S/C7H10N4O2S/c1-3-13-7(12)9-6(14)5-8-4(2)10-11-5/h3H2,1-2H3,(H,8,10,11)(H,9,12,14). The summed E-state index contributed by atoms with van der Waals surface area (Å²) in [7, 11) is 0. The van der Waals surface area contributed by atoms with E-state index in [1.165, 1.54) is 0 Å². The van der Waals surface area contributed by atoms with Gasteiger partial charge in [-0.05, 0) is 13.8 Å². The molecule has 0 aliphatic heterocycles. The van der Waals surface area contributed by atoms with E-state index in [4.69, 9.17) is 12.2 Å². The van der Waals surface area contributed by atoms with Crippen molar-refractivity contribution in [3.8, 4) is 0 Å². The molecule has 0 saturated heterocycles. The number of nitrogens with zero attached hydrogens (tertiary/aromatic N) is 2. The molecule has 7 heteroatoms. The van der Waals surface area contributed by atoms with Crippen LogP contribution in [0.3, 0.4) is 0 Å². The molecule has 0 bridgehead atoms. The average Bonchev–Trinajstić information content (AvgIpc) is 2.52. The number of amides is 1. The van der Waals surface area contributed by atoms with Crippen molar-refractivity contribution in [2.45, 2.75) is 13.8 Å². The number of aryl methyl sites for hydroxylation is 1. The van der Waals surface area contributed by atoms with Crippen LogP contribution in [0.4, 0.5) is 4.79 Å². The van der Waals surface area contributed by atoms with E-state index in [1.54, 1.807) is 13.8 Å². The maximum atomic E-state index is 10.9. The third-order valence-electron chi connectivity index (χ3n) is 1.29. The first-order chi connectivity index (χ1) is 6.63. The lowest BCUT2D eigenvalue weighted by Crippen LogP contribution is -2.31. The minimum atomic E-state index is -0.597. The van der Waals surface area contributed by atoms with Crippen molar-refractivity contribution in [2.75, 3.05) is 6.61 Å². The Morgan fingerprint density at radius 3 is 2.93 bits per heavy atom. The zero-order valence-corrected chi connectivity index (χ0v) is 8.64. The maximum Gasteiger partial charge on any atom is 0.412 e.